The molecule has 0 fully saturated rings. The van der Waals surface area contributed by atoms with Crippen LogP contribution in [0.5, 0.6) is 0 Å². The molecule has 0 unspecified atom stereocenters. The van der Waals surface area contributed by atoms with Crippen molar-refractivity contribution in [3.8, 4) is 11.4 Å². The molecule has 40 heavy (non-hydrogen) atoms. The second-order valence-corrected chi connectivity index (χ2v) is 10.8. The number of nitrogens with zero attached hydrogens (tertiary/aromatic N) is 2. The maximum Gasteiger partial charge on any atom is 0.0543 e. The molecule has 0 atom stereocenters. The van der Waals surface area contributed by atoms with Gasteiger partial charge in [0.25, 0.3) is 0 Å². The summed E-state index contributed by atoms with van der Waals surface area (Å²) < 4.78 is 4.80. The molecule has 9 rings (SSSR count). The Labute approximate surface area is 230 Å². The van der Waals surface area contributed by atoms with E-state index in [1.54, 1.807) is 0 Å². The number of H-pyrrole nitrogens is 1. The Morgan fingerprint density at radius 2 is 0.850 bits per heavy atom. The molecule has 188 valence electrons. The van der Waals surface area contributed by atoms with Crippen molar-refractivity contribution < 1.29 is 0 Å². The Morgan fingerprint density at radius 3 is 1.38 bits per heavy atom. The molecule has 6 aromatic carbocycles. The van der Waals surface area contributed by atoms with Gasteiger partial charge in [-0.2, -0.15) is 0 Å². The van der Waals surface area contributed by atoms with E-state index in [9.17, 15) is 0 Å². The van der Waals surface area contributed by atoms with Gasteiger partial charge < -0.3 is 14.1 Å². The Kier molecular flexibility index (Phi) is 4.26. The van der Waals surface area contributed by atoms with Crippen molar-refractivity contribution in [1.29, 1.82) is 0 Å². The average molecular weight is 512 g/mol. The SMILES string of the molecule is Cc1ccc2c3ccccc3n(-c3ccc4[nH]c5ccc(-n6c7ccccc7c7ccccc76)cc5c4c3)c2c1. The molecule has 3 aromatic heterocycles. The molecule has 1 N–H and O–H groups in total. The molecule has 3 heterocycles. The molecule has 0 radical (unpaired) electrons. The normalized spacial score (nSPS) is 12.1. The van der Waals surface area contributed by atoms with Crippen molar-refractivity contribution in [2.45, 2.75) is 6.92 Å². The van der Waals surface area contributed by atoms with Crippen LogP contribution in [0.2, 0.25) is 0 Å². The van der Waals surface area contributed by atoms with Crippen LogP contribution in [0.1, 0.15) is 5.56 Å². The predicted octanol–water partition coefficient (Wildman–Crippen LogP) is 9.82. The maximum atomic E-state index is 3.66. The van der Waals surface area contributed by atoms with Crippen molar-refractivity contribution in [2.24, 2.45) is 0 Å². The molecule has 0 spiro atoms. The fourth-order valence-electron chi connectivity index (χ4n) is 6.71. The second kappa shape index (κ2) is 7.87. The predicted molar refractivity (Wildman–Crippen MR) is 169 cm³/mol. The third kappa shape index (κ3) is 2.89. The van der Waals surface area contributed by atoms with E-state index in [1.807, 2.05) is 0 Å². The lowest BCUT2D eigenvalue weighted by molar-refractivity contribution is 1.18. The quantitative estimate of drug-likeness (QED) is 0.239. The molecule has 0 amide bonds. The van der Waals surface area contributed by atoms with Crippen LogP contribution < -0.4 is 0 Å². The molecule has 0 aliphatic carbocycles. The minimum atomic E-state index is 1.15. The van der Waals surface area contributed by atoms with Crippen LogP contribution in [0.25, 0.3) is 76.8 Å². The van der Waals surface area contributed by atoms with Crippen LogP contribution in [0.15, 0.2) is 127 Å². The topological polar surface area (TPSA) is 25.6 Å². The first-order chi connectivity index (χ1) is 19.7. The number of hydrogen-bond acceptors (Lipinski definition) is 0. The zero-order valence-corrected chi connectivity index (χ0v) is 22.0. The van der Waals surface area contributed by atoms with Gasteiger partial charge in [-0.3, -0.25) is 0 Å². The number of aromatic nitrogens is 3. The van der Waals surface area contributed by atoms with E-state index in [0.717, 1.165) is 11.0 Å². The van der Waals surface area contributed by atoms with Gasteiger partial charge in [0.2, 0.25) is 0 Å². The van der Waals surface area contributed by atoms with E-state index in [2.05, 4.69) is 148 Å². The van der Waals surface area contributed by atoms with E-state index in [-0.39, 0.29) is 0 Å². The summed E-state index contributed by atoms with van der Waals surface area (Å²) in [6.07, 6.45) is 0. The Bertz CT molecular complexity index is 2390. The first-order valence-electron chi connectivity index (χ1n) is 13.8. The molecule has 3 nitrogen and oxygen atoms in total. The van der Waals surface area contributed by atoms with Crippen molar-refractivity contribution >= 4 is 65.4 Å². The second-order valence-electron chi connectivity index (χ2n) is 10.8. The summed E-state index contributed by atoms with van der Waals surface area (Å²) in [5.74, 6) is 0. The summed E-state index contributed by atoms with van der Waals surface area (Å²) in [6, 6.07) is 46.5. The molecule has 0 bridgehead atoms. The van der Waals surface area contributed by atoms with Gasteiger partial charge in [-0.15, -0.1) is 0 Å². The van der Waals surface area contributed by atoms with Crippen LogP contribution in [-0.4, -0.2) is 14.1 Å². The smallest absolute Gasteiger partial charge is 0.0543 e. The van der Waals surface area contributed by atoms with Crippen molar-refractivity contribution in [3.63, 3.8) is 0 Å². The highest BCUT2D eigenvalue weighted by atomic mass is 15.0. The molecular weight excluding hydrogens is 486 g/mol. The molecule has 0 aliphatic rings. The highest BCUT2D eigenvalue weighted by Gasteiger charge is 2.16. The summed E-state index contributed by atoms with van der Waals surface area (Å²) in [6.45, 7) is 2.17. The summed E-state index contributed by atoms with van der Waals surface area (Å²) in [5, 5.41) is 7.59. The van der Waals surface area contributed by atoms with Crippen LogP contribution in [0, 0.1) is 6.92 Å². The summed E-state index contributed by atoms with van der Waals surface area (Å²) in [5.41, 5.74) is 10.8. The first kappa shape index (κ1) is 21.6. The average Bonchev–Trinajstić information content (AvgIpc) is 3.64. The minimum Gasteiger partial charge on any atom is -0.355 e. The van der Waals surface area contributed by atoms with Crippen molar-refractivity contribution in [3.05, 3.63) is 133 Å². The van der Waals surface area contributed by atoms with E-state index in [4.69, 9.17) is 0 Å². The standard InChI is InChI=1S/C37H25N3/c1-23-14-17-29-28-10-4-7-13-36(28)40(37(29)20-23)25-16-19-33-31(22-25)30-21-24(15-18-32(30)38-33)39-34-11-5-2-8-26(34)27-9-3-6-12-35(27)39/h2-22,38H,1H3. The van der Waals surface area contributed by atoms with E-state index in [1.165, 1.54) is 71.3 Å². The highest BCUT2D eigenvalue weighted by molar-refractivity contribution is 6.13. The lowest BCUT2D eigenvalue weighted by atomic mass is 10.1. The van der Waals surface area contributed by atoms with Crippen LogP contribution in [-0.2, 0) is 0 Å². The zero-order valence-electron chi connectivity index (χ0n) is 22.0. The van der Waals surface area contributed by atoms with Crippen molar-refractivity contribution in [1.82, 2.24) is 14.1 Å². The maximum absolute atomic E-state index is 3.66. The molecule has 3 heteroatoms. The summed E-state index contributed by atoms with van der Waals surface area (Å²) in [4.78, 5) is 3.66. The molecule has 9 aromatic rings. The number of rotatable bonds is 2. The number of benzene rings is 6. The Hall–Kier alpha value is -5.28. The lowest BCUT2D eigenvalue weighted by Crippen LogP contribution is -1.94. The number of nitrogens with one attached hydrogen (secondary N) is 1. The van der Waals surface area contributed by atoms with Crippen LogP contribution in [0.4, 0.5) is 0 Å². The summed E-state index contributed by atoms with van der Waals surface area (Å²) in [7, 11) is 0. The van der Waals surface area contributed by atoms with Gasteiger partial charge >= 0.3 is 0 Å². The lowest BCUT2D eigenvalue weighted by Gasteiger charge is -2.10. The van der Waals surface area contributed by atoms with Crippen molar-refractivity contribution in [2.75, 3.05) is 0 Å². The van der Waals surface area contributed by atoms with Crippen LogP contribution in [0.3, 0.4) is 0 Å². The van der Waals surface area contributed by atoms with Gasteiger partial charge in [-0.25, -0.2) is 0 Å². The number of hydrogen-bond donors (Lipinski definition) is 1. The third-order valence-corrected chi connectivity index (χ3v) is 8.49. The van der Waals surface area contributed by atoms with E-state index >= 15 is 0 Å². The fraction of sp³-hybridized carbons (Fsp3) is 0.0270. The summed E-state index contributed by atoms with van der Waals surface area (Å²) >= 11 is 0. The fourth-order valence-corrected chi connectivity index (χ4v) is 6.71. The van der Waals surface area contributed by atoms with Crippen LogP contribution >= 0.6 is 0 Å². The van der Waals surface area contributed by atoms with Gasteiger partial charge in [0.05, 0.1) is 22.1 Å². The molecular formula is C37H25N3. The van der Waals surface area contributed by atoms with Gasteiger partial charge in [0.1, 0.15) is 0 Å². The zero-order chi connectivity index (χ0) is 26.4. The molecule has 0 saturated carbocycles. The monoisotopic (exact) mass is 511 g/mol. The number of aryl methyl sites for hydroxylation is 1. The number of fused-ring (bicyclic) bond motifs is 9. The largest absolute Gasteiger partial charge is 0.355 e. The highest BCUT2D eigenvalue weighted by Crippen LogP contribution is 2.37. The number of aromatic amines is 1. The Morgan fingerprint density at radius 1 is 0.400 bits per heavy atom. The number of para-hydroxylation sites is 3. The first-order valence-corrected chi connectivity index (χ1v) is 13.8. The van der Waals surface area contributed by atoms with E-state index < -0.39 is 0 Å². The van der Waals surface area contributed by atoms with Gasteiger partial charge in [0, 0.05) is 54.7 Å². The Balaban J connectivity index is 1.32. The van der Waals surface area contributed by atoms with E-state index in [0.29, 0.717) is 0 Å². The van der Waals surface area contributed by atoms with Gasteiger partial charge in [0.15, 0.2) is 0 Å². The molecule has 0 aliphatic heterocycles. The van der Waals surface area contributed by atoms with Gasteiger partial charge in [-0.1, -0.05) is 66.7 Å². The third-order valence-electron chi connectivity index (χ3n) is 8.49. The molecule has 0 saturated heterocycles. The van der Waals surface area contributed by atoms with Gasteiger partial charge in [-0.05, 0) is 73.2 Å². The minimum absolute atomic E-state index is 1.15.